The fraction of sp³-hybridized carbons (Fsp3) is 0.294. The van der Waals surface area contributed by atoms with Crippen LogP contribution in [0.5, 0.6) is 0 Å². The number of rotatable bonds is 4. The number of pyridine rings is 1. The lowest BCUT2D eigenvalue weighted by atomic mass is 10.2. The van der Waals surface area contributed by atoms with Crippen molar-refractivity contribution in [3.8, 4) is 0 Å². The Kier molecular flexibility index (Phi) is 4.34. The fourth-order valence-corrected chi connectivity index (χ4v) is 2.34. The van der Waals surface area contributed by atoms with E-state index in [1.807, 2.05) is 30.3 Å². The summed E-state index contributed by atoms with van der Waals surface area (Å²) in [5, 5.41) is 6.05. The minimum atomic E-state index is -0.341. The number of hydrogen-bond acceptors (Lipinski definition) is 4. The summed E-state index contributed by atoms with van der Waals surface area (Å²) >= 11 is 0. The zero-order valence-electron chi connectivity index (χ0n) is 12.5. The van der Waals surface area contributed by atoms with Gasteiger partial charge in [-0.15, -0.1) is 0 Å². The van der Waals surface area contributed by atoms with Crippen LogP contribution in [0.1, 0.15) is 18.4 Å². The Morgan fingerprint density at radius 3 is 2.59 bits per heavy atom. The number of nitrogens with one attached hydrogen (secondary N) is 2. The second-order valence-corrected chi connectivity index (χ2v) is 5.41. The molecule has 1 aromatic carbocycles. The molecule has 1 fully saturated rings. The molecule has 114 valence electrons. The first kappa shape index (κ1) is 14.5. The van der Waals surface area contributed by atoms with Crippen molar-refractivity contribution in [1.82, 2.24) is 4.98 Å². The number of nitrogens with zero attached hydrogens (tertiary/aromatic N) is 1. The van der Waals surface area contributed by atoms with Gasteiger partial charge >= 0.3 is 0 Å². The van der Waals surface area contributed by atoms with Gasteiger partial charge in [-0.05, 0) is 44.0 Å². The van der Waals surface area contributed by atoms with Crippen LogP contribution < -0.4 is 10.6 Å². The second-order valence-electron chi connectivity index (χ2n) is 5.41. The second kappa shape index (κ2) is 6.58. The van der Waals surface area contributed by atoms with Crippen molar-refractivity contribution < 1.29 is 9.53 Å². The van der Waals surface area contributed by atoms with Crippen molar-refractivity contribution >= 4 is 23.1 Å². The number of aryl methyl sites for hydroxylation is 1. The lowest BCUT2D eigenvalue weighted by Crippen LogP contribution is -2.27. The third kappa shape index (κ3) is 3.62. The van der Waals surface area contributed by atoms with E-state index in [1.165, 1.54) is 5.56 Å². The molecular formula is C17H19N3O2. The number of benzene rings is 1. The molecule has 2 heterocycles. The highest BCUT2D eigenvalue weighted by molar-refractivity contribution is 5.93. The summed E-state index contributed by atoms with van der Waals surface area (Å²) in [5.41, 5.74) is 3.10. The van der Waals surface area contributed by atoms with Crippen molar-refractivity contribution in [1.29, 1.82) is 0 Å². The molecule has 1 amide bonds. The molecule has 0 radical (unpaired) electrons. The fourth-order valence-electron chi connectivity index (χ4n) is 2.34. The van der Waals surface area contributed by atoms with E-state index in [4.69, 9.17) is 4.74 Å². The molecule has 1 aliphatic rings. The molecule has 2 N–H and O–H groups in total. The van der Waals surface area contributed by atoms with Gasteiger partial charge in [-0.3, -0.25) is 4.79 Å². The Morgan fingerprint density at radius 2 is 1.95 bits per heavy atom. The number of ether oxygens (including phenoxy) is 1. The average molecular weight is 297 g/mol. The SMILES string of the molecule is Cc1ccc(Nc2ccc(NC(=O)C3CCCO3)nc2)cc1. The van der Waals surface area contributed by atoms with Crippen LogP contribution in [0.4, 0.5) is 17.2 Å². The van der Waals surface area contributed by atoms with Crippen molar-refractivity contribution in [2.45, 2.75) is 25.9 Å². The van der Waals surface area contributed by atoms with Crippen molar-refractivity contribution in [2.24, 2.45) is 0 Å². The first-order valence-electron chi connectivity index (χ1n) is 7.43. The molecule has 5 heteroatoms. The maximum absolute atomic E-state index is 11.9. The summed E-state index contributed by atoms with van der Waals surface area (Å²) in [6, 6.07) is 11.8. The zero-order chi connectivity index (χ0) is 15.4. The van der Waals surface area contributed by atoms with E-state index in [0.717, 1.165) is 24.2 Å². The number of hydrogen-bond donors (Lipinski definition) is 2. The third-order valence-electron chi connectivity index (χ3n) is 3.58. The smallest absolute Gasteiger partial charge is 0.254 e. The molecular weight excluding hydrogens is 278 g/mol. The monoisotopic (exact) mass is 297 g/mol. The lowest BCUT2D eigenvalue weighted by Gasteiger charge is -2.11. The van der Waals surface area contributed by atoms with E-state index in [9.17, 15) is 4.79 Å². The predicted octanol–water partition coefficient (Wildman–Crippen LogP) is 3.25. The maximum atomic E-state index is 11.9. The predicted molar refractivity (Wildman–Crippen MR) is 86.3 cm³/mol. The van der Waals surface area contributed by atoms with Gasteiger partial charge in [0.05, 0.1) is 11.9 Å². The normalized spacial score (nSPS) is 17.2. The van der Waals surface area contributed by atoms with E-state index < -0.39 is 0 Å². The van der Waals surface area contributed by atoms with Gasteiger partial charge in [0.25, 0.3) is 5.91 Å². The van der Waals surface area contributed by atoms with E-state index in [1.54, 1.807) is 12.3 Å². The van der Waals surface area contributed by atoms with Crippen molar-refractivity contribution in [3.63, 3.8) is 0 Å². The molecule has 1 saturated heterocycles. The van der Waals surface area contributed by atoms with Crippen LogP contribution >= 0.6 is 0 Å². The Morgan fingerprint density at radius 1 is 1.18 bits per heavy atom. The molecule has 1 atom stereocenters. The lowest BCUT2D eigenvalue weighted by molar-refractivity contribution is -0.124. The molecule has 1 unspecified atom stereocenters. The number of carbonyl (C=O) groups is 1. The first-order chi connectivity index (χ1) is 10.7. The average Bonchev–Trinajstić information content (AvgIpc) is 3.06. The van der Waals surface area contributed by atoms with Crippen LogP contribution in [0.2, 0.25) is 0 Å². The van der Waals surface area contributed by atoms with Gasteiger partial charge < -0.3 is 15.4 Å². The standard InChI is InChI=1S/C17H19N3O2/c1-12-4-6-13(7-5-12)19-14-8-9-16(18-11-14)20-17(21)15-3-2-10-22-15/h4-9,11,15,19H,2-3,10H2,1H3,(H,18,20,21). The molecule has 0 saturated carbocycles. The Hall–Kier alpha value is -2.40. The van der Waals surface area contributed by atoms with E-state index in [-0.39, 0.29) is 12.0 Å². The van der Waals surface area contributed by atoms with Gasteiger partial charge in [-0.25, -0.2) is 4.98 Å². The molecule has 1 aliphatic heterocycles. The Balaban J connectivity index is 1.60. The Labute approximate surface area is 129 Å². The minimum absolute atomic E-state index is 0.121. The highest BCUT2D eigenvalue weighted by Gasteiger charge is 2.23. The van der Waals surface area contributed by atoms with Gasteiger partial charge in [-0.2, -0.15) is 0 Å². The molecule has 0 spiro atoms. The summed E-state index contributed by atoms with van der Waals surface area (Å²) in [7, 11) is 0. The number of carbonyl (C=O) groups excluding carboxylic acids is 1. The number of aromatic nitrogens is 1. The third-order valence-corrected chi connectivity index (χ3v) is 3.58. The first-order valence-corrected chi connectivity index (χ1v) is 7.43. The van der Waals surface area contributed by atoms with E-state index >= 15 is 0 Å². The van der Waals surface area contributed by atoms with Crippen LogP contribution in [-0.2, 0) is 9.53 Å². The summed E-state index contributed by atoms with van der Waals surface area (Å²) in [6.07, 6.45) is 3.07. The van der Waals surface area contributed by atoms with Crippen molar-refractivity contribution in [2.75, 3.05) is 17.2 Å². The summed E-state index contributed by atoms with van der Waals surface area (Å²) in [6.45, 7) is 2.71. The summed E-state index contributed by atoms with van der Waals surface area (Å²) in [5.74, 6) is 0.416. The van der Waals surface area contributed by atoms with Crippen LogP contribution in [0, 0.1) is 6.92 Å². The van der Waals surface area contributed by atoms with Crippen LogP contribution in [0.15, 0.2) is 42.6 Å². The highest BCUT2D eigenvalue weighted by atomic mass is 16.5. The van der Waals surface area contributed by atoms with E-state index in [0.29, 0.717) is 12.4 Å². The van der Waals surface area contributed by atoms with Gasteiger partial charge in [0, 0.05) is 12.3 Å². The van der Waals surface area contributed by atoms with Gasteiger partial charge in [0.15, 0.2) is 0 Å². The molecule has 1 aromatic heterocycles. The van der Waals surface area contributed by atoms with Crippen LogP contribution in [0.25, 0.3) is 0 Å². The molecule has 5 nitrogen and oxygen atoms in total. The minimum Gasteiger partial charge on any atom is -0.368 e. The van der Waals surface area contributed by atoms with Crippen LogP contribution in [0.3, 0.4) is 0 Å². The summed E-state index contributed by atoms with van der Waals surface area (Å²) < 4.78 is 5.35. The quantitative estimate of drug-likeness (QED) is 0.909. The largest absolute Gasteiger partial charge is 0.368 e. The Bertz CT molecular complexity index is 632. The topological polar surface area (TPSA) is 63.2 Å². The maximum Gasteiger partial charge on any atom is 0.254 e. The van der Waals surface area contributed by atoms with Crippen molar-refractivity contribution in [3.05, 3.63) is 48.2 Å². The summed E-state index contributed by atoms with van der Waals surface area (Å²) in [4.78, 5) is 16.2. The van der Waals surface area contributed by atoms with Gasteiger partial charge in [-0.1, -0.05) is 17.7 Å². The highest BCUT2D eigenvalue weighted by Crippen LogP contribution is 2.18. The molecule has 22 heavy (non-hydrogen) atoms. The van der Waals surface area contributed by atoms with Gasteiger partial charge in [0.1, 0.15) is 11.9 Å². The molecule has 0 aliphatic carbocycles. The van der Waals surface area contributed by atoms with E-state index in [2.05, 4.69) is 22.5 Å². The van der Waals surface area contributed by atoms with Crippen LogP contribution in [-0.4, -0.2) is 23.6 Å². The zero-order valence-corrected chi connectivity index (χ0v) is 12.5. The molecule has 2 aromatic rings. The van der Waals surface area contributed by atoms with Gasteiger partial charge in [0.2, 0.25) is 0 Å². The number of anilines is 3. The molecule has 0 bridgehead atoms. The molecule has 3 rings (SSSR count). The number of amides is 1.